The van der Waals surface area contributed by atoms with E-state index in [-0.39, 0.29) is 6.03 Å². The molecule has 0 aliphatic carbocycles. The van der Waals surface area contributed by atoms with Crippen LogP contribution in [0.3, 0.4) is 0 Å². The molecule has 0 spiro atoms. The quantitative estimate of drug-likeness (QED) is 0.656. The van der Waals surface area contributed by atoms with Crippen LogP contribution in [0.2, 0.25) is 0 Å². The van der Waals surface area contributed by atoms with Gasteiger partial charge < -0.3 is 20.0 Å². The highest BCUT2D eigenvalue weighted by Crippen LogP contribution is 2.20. The van der Waals surface area contributed by atoms with E-state index in [0.717, 1.165) is 51.0 Å². The number of carbonyl (C=O) groups is 1. The Morgan fingerprint density at radius 2 is 1.79 bits per heavy atom. The molecule has 2 unspecified atom stereocenters. The minimum atomic E-state index is 0.0888. The molecule has 1 aliphatic rings. The van der Waals surface area contributed by atoms with Crippen LogP contribution in [-0.2, 0) is 0 Å². The van der Waals surface area contributed by atoms with Crippen LogP contribution in [0.1, 0.15) is 40.5 Å². The number of nitrogens with one attached hydrogen (secondary N) is 1. The Morgan fingerprint density at radius 3 is 2.33 bits per heavy atom. The Bertz CT molecular complexity index is 349. The predicted octanol–water partition coefficient (Wildman–Crippen LogP) is 2.58. The summed E-state index contributed by atoms with van der Waals surface area (Å²) in [6, 6.07) is 0.0888. The zero-order valence-electron chi connectivity index (χ0n) is 16.8. The summed E-state index contributed by atoms with van der Waals surface area (Å²) in [5.74, 6) is 2.10. The maximum absolute atomic E-state index is 12.4. The van der Waals surface area contributed by atoms with Crippen LogP contribution in [0.4, 0.5) is 4.79 Å². The first kappa shape index (κ1) is 21.2. The van der Waals surface area contributed by atoms with Crippen molar-refractivity contribution >= 4 is 6.03 Å². The smallest absolute Gasteiger partial charge is 0.317 e. The second-order valence-electron chi connectivity index (χ2n) is 8.43. The molecule has 2 atom stereocenters. The molecule has 142 valence electrons. The molecule has 0 saturated carbocycles. The number of piperidine rings is 1. The van der Waals surface area contributed by atoms with Gasteiger partial charge in [-0.05, 0) is 51.2 Å². The lowest BCUT2D eigenvalue weighted by Crippen LogP contribution is -2.45. The number of amides is 2. The second kappa shape index (κ2) is 10.9. The minimum absolute atomic E-state index is 0.0888. The Morgan fingerprint density at radius 1 is 1.17 bits per heavy atom. The van der Waals surface area contributed by atoms with E-state index in [9.17, 15) is 4.79 Å². The van der Waals surface area contributed by atoms with Crippen molar-refractivity contribution in [2.45, 2.75) is 40.5 Å². The number of likely N-dealkylation sites (N-methyl/N-ethyl adjacent to an activating group) is 1. The summed E-state index contributed by atoms with van der Waals surface area (Å²) in [5.41, 5.74) is 0. The molecule has 1 heterocycles. The summed E-state index contributed by atoms with van der Waals surface area (Å²) in [6.07, 6.45) is 2.39. The molecule has 5 heteroatoms. The van der Waals surface area contributed by atoms with Crippen molar-refractivity contribution in [2.24, 2.45) is 17.8 Å². The Kier molecular flexibility index (Phi) is 9.67. The van der Waals surface area contributed by atoms with Gasteiger partial charge >= 0.3 is 6.03 Å². The summed E-state index contributed by atoms with van der Waals surface area (Å²) in [5, 5.41) is 3.12. The molecule has 1 N–H and O–H groups in total. The number of hydrogen-bond acceptors (Lipinski definition) is 3. The highest BCUT2D eigenvalue weighted by atomic mass is 16.2. The third-order valence-electron chi connectivity index (χ3n) is 4.56. The van der Waals surface area contributed by atoms with E-state index in [1.54, 1.807) is 0 Å². The van der Waals surface area contributed by atoms with Gasteiger partial charge in [0.2, 0.25) is 0 Å². The van der Waals surface area contributed by atoms with Gasteiger partial charge in [0, 0.05) is 39.3 Å². The number of rotatable bonds is 9. The molecule has 1 rings (SSSR count). The molecule has 1 aliphatic heterocycles. The number of nitrogens with zero attached hydrogens (tertiary/aromatic N) is 3. The van der Waals surface area contributed by atoms with Crippen LogP contribution in [0.25, 0.3) is 0 Å². The van der Waals surface area contributed by atoms with Crippen LogP contribution in [0, 0.1) is 17.8 Å². The van der Waals surface area contributed by atoms with Gasteiger partial charge in [-0.1, -0.05) is 27.7 Å². The maximum Gasteiger partial charge on any atom is 0.317 e. The lowest BCUT2D eigenvalue weighted by Gasteiger charge is -2.35. The van der Waals surface area contributed by atoms with Gasteiger partial charge in [-0.15, -0.1) is 0 Å². The maximum atomic E-state index is 12.4. The van der Waals surface area contributed by atoms with Crippen molar-refractivity contribution in [2.75, 3.05) is 59.9 Å². The molecule has 0 aromatic rings. The molecule has 1 saturated heterocycles. The summed E-state index contributed by atoms with van der Waals surface area (Å²) in [6.45, 7) is 15.8. The fraction of sp³-hybridized carbons (Fsp3) is 0.947. The van der Waals surface area contributed by atoms with Gasteiger partial charge in [0.1, 0.15) is 0 Å². The lowest BCUT2D eigenvalue weighted by atomic mass is 9.92. The molecule has 2 amide bonds. The minimum Gasteiger partial charge on any atom is -0.338 e. The zero-order valence-corrected chi connectivity index (χ0v) is 16.8. The first-order valence-corrected chi connectivity index (χ1v) is 9.67. The highest BCUT2D eigenvalue weighted by Gasteiger charge is 2.21. The van der Waals surface area contributed by atoms with E-state index < -0.39 is 0 Å². The van der Waals surface area contributed by atoms with Gasteiger partial charge in [0.15, 0.2) is 0 Å². The van der Waals surface area contributed by atoms with E-state index in [1.807, 2.05) is 19.0 Å². The standard InChI is InChI=1S/C19H40N4O/c1-16(2)13-23(11-10-21(5)6)19(24)20-8-7-9-22-14-17(3)12-18(4)15-22/h16-18H,7-15H2,1-6H3,(H,20,24). The van der Waals surface area contributed by atoms with E-state index >= 15 is 0 Å². The van der Waals surface area contributed by atoms with Gasteiger partial charge in [0.25, 0.3) is 0 Å². The van der Waals surface area contributed by atoms with E-state index in [2.05, 4.69) is 42.8 Å². The summed E-state index contributed by atoms with van der Waals surface area (Å²) < 4.78 is 0. The monoisotopic (exact) mass is 340 g/mol. The van der Waals surface area contributed by atoms with Crippen LogP contribution < -0.4 is 5.32 Å². The molecule has 0 bridgehead atoms. The summed E-state index contributed by atoms with van der Waals surface area (Å²) >= 11 is 0. The molecule has 24 heavy (non-hydrogen) atoms. The van der Waals surface area contributed by atoms with E-state index in [4.69, 9.17) is 0 Å². The fourth-order valence-corrected chi connectivity index (χ4v) is 3.62. The molecule has 0 radical (unpaired) electrons. The molecule has 5 nitrogen and oxygen atoms in total. The number of urea groups is 1. The fourth-order valence-electron chi connectivity index (χ4n) is 3.62. The van der Waals surface area contributed by atoms with E-state index in [0.29, 0.717) is 5.92 Å². The molecular formula is C19H40N4O. The topological polar surface area (TPSA) is 38.8 Å². The highest BCUT2D eigenvalue weighted by molar-refractivity contribution is 5.74. The van der Waals surface area contributed by atoms with Crippen LogP contribution in [0.15, 0.2) is 0 Å². The Hall–Kier alpha value is -0.810. The van der Waals surface area contributed by atoms with Crippen molar-refractivity contribution in [1.82, 2.24) is 20.0 Å². The third kappa shape index (κ3) is 8.88. The van der Waals surface area contributed by atoms with Gasteiger partial charge in [-0.3, -0.25) is 0 Å². The van der Waals surface area contributed by atoms with Crippen LogP contribution in [0.5, 0.6) is 0 Å². The number of likely N-dealkylation sites (tertiary alicyclic amines) is 1. The summed E-state index contributed by atoms with van der Waals surface area (Å²) in [4.78, 5) is 19.1. The van der Waals surface area contributed by atoms with Crippen LogP contribution >= 0.6 is 0 Å². The first-order valence-electron chi connectivity index (χ1n) is 9.67. The number of carbonyl (C=O) groups excluding carboxylic acids is 1. The van der Waals surface area contributed by atoms with Gasteiger partial charge in [-0.25, -0.2) is 4.79 Å². The predicted molar refractivity (Wildman–Crippen MR) is 102 cm³/mol. The average molecular weight is 341 g/mol. The SMILES string of the molecule is CC(C)CN(CCN(C)C)C(=O)NCCCN1CC(C)CC(C)C1. The van der Waals surface area contributed by atoms with Crippen molar-refractivity contribution < 1.29 is 4.79 Å². The van der Waals surface area contributed by atoms with E-state index in [1.165, 1.54) is 19.5 Å². The average Bonchev–Trinajstić information content (AvgIpc) is 2.46. The van der Waals surface area contributed by atoms with Crippen molar-refractivity contribution in [3.63, 3.8) is 0 Å². The number of hydrogen-bond donors (Lipinski definition) is 1. The zero-order chi connectivity index (χ0) is 18.1. The summed E-state index contributed by atoms with van der Waals surface area (Å²) in [7, 11) is 4.10. The molecule has 0 aromatic heterocycles. The van der Waals surface area contributed by atoms with Crippen molar-refractivity contribution in [3.8, 4) is 0 Å². The molecule has 1 fully saturated rings. The Balaban J connectivity index is 2.28. The third-order valence-corrected chi connectivity index (χ3v) is 4.56. The normalized spacial score (nSPS) is 22.2. The Labute approximate surface area is 149 Å². The lowest BCUT2D eigenvalue weighted by molar-refractivity contribution is 0.139. The van der Waals surface area contributed by atoms with Crippen molar-refractivity contribution in [1.29, 1.82) is 0 Å². The van der Waals surface area contributed by atoms with Crippen LogP contribution in [-0.4, -0.2) is 80.6 Å². The molecular weight excluding hydrogens is 300 g/mol. The van der Waals surface area contributed by atoms with Gasteiger partial charge in [0.05, 0.1) is 0 Å². The second-order valence-corrected chi connectivity index (χ2v) is 8.43. The van der Waals surface area contributed by atoms with Crippen molar-refractivity contribution in [3.05, 3.63) is 0 Å². The van der Waals surface area contributed by atoms with Gasteiger partial charge in [-0.2, -0.15) is 0 Å². The first-order chi connectivity index (χ1) is 11.3. The largest absolute Gasteiger partial charge is 0.338 e. The molecule has 0 aromatic carbocycles.